The van der Waals surface area contributed by atoms with Gasteiger partial charge in [0.15, 0.2) is 0 Å². The number of unbranched alkanes of at least 4 members (excludes halogenated alkanes) is 4. The number of aryl methyl sites for hydroxylation is 2. The maximum atomic E-state index is 13.3. The van der Waals surface area contributed by atoms with Gasteiger partial charge in [-0.05, 0) is 80.7 Å². The Morgan fingerprint density at radius 3 is 1.17 bits per heavy atom. The molecule has 2 aromatic rings. The second kappa shape index (κ2) is 16.6. The first-order valence-electron chi connectivity index (χ1n) is 18.3. The van der Waals surface area contributed by atoms with E-state index in [-0.39, 0.29) is 33.5 Å². The van der Waals surface area contributed by atoms with Gasteiger partial charge >= 0.3 is 0 Å². The van der Waals surface area contributed by atoms with Gasteiger partial charge in [-0.2, -0.15) is 0 Å². The Bertz CT molecular complexity index is 1210. The standard InChI is InChI=1S/C42H68N2O4/c1-14-15-16-17-18-19-34(43-35(45)22-20-28-24-30(39(2,3)4)37(47)31(25-28)40(5,6)7)44-36(46)23-21-29-26-32(41(8,9)10)38(48)33(27-29)42(11,12)13/h24-27,34,47-48H,14-23H2,1-13H3,(H,43,45)(H,44,46). The van der Waals surface area contributed by atoms with Crippen molar-refractivity contribution < 1.29 is 19.8 Å². The highest BCUT2D eigenvalue weighted by Crippen LogP contribution is 2.41. The third-order valence-electron chi connectivity index (χ3n) is 9.12. The summed E-state index contributed by atoms with van der Waals surface area (Å²) in [6.07, 6.45) is 7.40. The minimum Gasteiger partial charge on any atom is -0.507 e. The van der Waals surface area contributed by atoms with E-state index in [0.29, 0.717) is 43.6 Å². The van der Waals surface area contributed by atoms with Gasteiger partial charge in [-0.15, -0.1) is 0 Å². The predicted molar refractivity (Wildman–Crippen MR) is 201 cm³/mol. The summed E-state index contributed by atoms with van der Waals surface area (Å²) >= 11 is 0. The fourth-order valence-electron chi connectivity index (χ4n) is 6.15. The van der Waals surface area contributed by atoms with Crippen LogP contribution in [0.3, 0.4) is 0 Å². The van der Waals surface area contributed by atoms with Crippen molar-refractivity contribution in [3.8, 4) is 11.5 Å². The summed E-state index contributed by atoms with van der Waals surface area (Å²) in [7, 11) is 0. The van der Waals surface area contributed by atoms with Crippen LogP contribution in [0.1, 0.15) is 175 Å². The van der Waals surface area contributed by atoms with Crippen molar-refractivity contribution in [1.29, 1.82) is 0 Å². The Balaban J connectivity index is 2.19. The lowest BCUT2D eigenvalue weighted by Gasteiger charge is -2.28. The van der Waals surface area contributed by atoms with Crippen molar-refractivity contribution in [3.05, 3.63) is 57.6 Å². The summed E-state index contributed by atoms with van der Waals surface area (Å²) in [5.74, 6) is 0.482. The minimum absolute atomic E-state index is 0.0975. The summed E-state index contributed by atoms with van der Waals surface area (Å²) in [6, 6.07) is 8.13. The lowest BCUT2D eigenvalue weighted by atomic mass is 9.78. The van der Waals surface area contributed by atoms with E-state index in [1.807, 2.05) is 24.3 Å². The molecular formula is C42H68N2O4. The first-order valence-corrected chi connectivity index (χ1v) is 18.3. The van der Waals surface area contributed by atoms with Gasteiger partial charge in [0.1, 0.15) is 17.7 Å². The fourth-order valence-corrected chi connectivity index (χ4v) is 6.15. The number of phenols is 2. The molecule has 0 aliphatic heterocycles. The third-order valence-corrected chi connectivity index (χ3v) is 9.12. The summed E-state index contributed by atoms with van der Waals surface area (Å²) in [6.45, 7) is 27.3. The van der Waals surface area contributed by atoms with Gasteiger partial charge < -0.3 is 20.8 Å². The second-order valence-electron chi connectivity index (χ2n) is 18.0. The van der Waals surface area contributed by atoms with Crippen LogP contribution in [-0.2, 0) is 44.1 Å². The van der Waals surface area contributed by atoms with Crippen LogP contribution in [-0.4, -0.2) is 28.2 Å². The first kappa shape index (κ1) is 41.2. The molecular weight excluding hydrogens is 596 g/mol. The van der Waals surface area contributed by atoms with Crippen LogP contribution in [0.2, 0.25) is 0 Å². The lowest BCUT2D eigenvalue weighted by molar-refractivity contribution is -0.124. The fraction of sp³-hybridized carbons (Fsp3) is 0.667. The van der Waals surface area contributed by atoms with E-state index in [9.17, 15) is 19.8 Å². The normalized spacial score (nSPS) is 12.8. The van der Waals surface area contributed by atoms with Gasteiger partial charge in [0.05, 0.1) is 0 Å². The van der Waals surface area contributed by atoms with Crippen molar-refractivity contribution >= 4 is 11.8 Å². The highest BCUT2D eigenvalue weighted by Gasteiger charge is 2.28. The van der Waals surface area contributed by atoms with Crippen LogP contribution in [0.4, 0.5) is 0 Å². The number of carbonyl (C=O) groups is 2. The number of rotatable bonds is 14. The van der Waals surface area contributed by atoms with E-state index in [1.54, 1.807) is 0 Å². The number of phenolic OH excluding ortho intramolecular Hbond substituents is 2. The van der Waals surface area contributed by atoms with E-state index >= 15 is 0 Å². The zero-order valence-electron chi connectivity index (χ0n) is 32.7. The molecule has 2 rings (SSSR count). The van der Waals surface area contributed by atoms with Gasteiger partial charge in [-0.1, -0.05) is 140 Å². The molecule has 6 nitrogen and oxygen atoms in total. The summed E-state index contributed by atoms with van der Waals surface area (Å²) in [5, 5.41) is 28.4. The van der Waals surface area contributed by atoms with Gasteiger partial charge in [-0.3, -0.25) is 9.59 Å². The molecule has 4 N–H and O–H groups in total. The van der Waals surface area contributed by atoms with Crippen molar-refractivity contribution in [2.75, 3.05) is 0 Å². The van der Waals surface area contributed by atoms with Crippen LogP contribution in [0, 0.1) is 0 Å². The van der Waals surface area contributed by atoms with Crippen molar-refractivity contribution in [1.82, 2.24) is 10.6 Å². The molecule has 0 aliphatic carbocycles. The van der Waals surface area contributed by atoms with Gasteiger partial charge in [-0.25, -0.2) is 0 Å². The van der Waals surface area contributed by atoms with Crippen molar-refractivity contribution in [2.45, 2.75) is 182 Å². The zero-order valence-corrected chi connectivity index (χ0v) is 32.7. The number of hydrogen-bond donors (Lipinski definition) is 4. The molecule has 0 unspecified atom stereocenters. The molecule has 0 aromatic heterocycles. The molecule has 0 saturated heterocycles. The molecule has 0 bridgehead atoms. The molecule has 0 atom stereocenters. The monoisotopic (exact) mass is 665 g/mol. The van der Waals surface area contributed by atoms with E-state index < -0.39 is 6.17 Å². The van der Waals surface area contributed by atoms with Gasteiger partial charge in [0.25, 0.3) is 0 Å². The number of amides is 2. The number of carbonyl (C=O) groups excluding carboxylic acids is 2. The summed E-state index contributed by atoms with van der Waals surface area (Å²) in [5.41, 5.74) is 4.65. The Hall–Kier alpha value is -3.02. The third kappa shape index (κ3) is 12.5. The average molecular weight is 665 g/mol. The average Bonchev–Trinajstić information content (AvgIpc) is 2.93. The van der Waals surface area contributed by atoms with Crippen LogP contribution < -0.4 is 10.6 Å². The van der Waals surface area contributed by atoms with Gasteiger partial charge in [0.2, 0.25) is 11.8 Å². The van der Waals surface area contributed by atoms with E-state index in [4.69, 9.17) is 0 Å². The largest absolute Gasteiger partial charge is 0.507 e. The lowest BCUT2D eigenvalue weighted by Crippen LogP contribution is -2.48. The summed E-state index contributed by atoms with van der Waals surface area (Å²) < 4.78 is 0. The zero-order chi connectivity index (χ0) is 36.7. The Kier molecular flexibility index (Phi) is 14.2. The first-order chi connectivity index (χ1) is 21.9. The van der Waals surface area contributed by atoms with Crippen LogP contribution >= 0.6 is 0 Å². The smallest absolute Gasteiger partial charge is 0.221 e. The number of nitrogens with one attached hydrogen (secondary N) is 2. The molecule has 0 saturated carbocycles. The van der Waals surface area contributed by atoms with Crippen LogP contribution in [0.5, 0.6) is 11.5 Å². The van der Waals surface area contributed by atoms with E-state index in [0.717, 1.165) is 59.1 Å². The predicted octanol–water partition coefficient (Wildman–Crippen LogP) is 9.77. The minimum atomic E-state index is -0.434. The molecule has 6 heteroatoms. The van der Waals surface area contributed by atoms with E-state index in [1.165, 1.54) is 6.42 Å². The van der Waals surface area contributed by atoms with Crippen molar-refractivity contribution in [3.63, 3.8) is 0 Å². The Labute approximate surface area is 292 Å². The molecule has 2 amide bonds. The number of hydrogen-bond acceptors (Lipinski definition) is 4. The topological polar surface area (TPSA) is 98.7 Å². The summed E-state index contributed by atoms with van der Waals surface area (Å²) in [4.78, 5) is 26.6. The van der Waals surface area contributed by atoms with Crippen molar-refractivity contribution in [2.24, 2.45) is 0 Å². The molecule has 270 valence electrons. The van der Waals surface area contributed by atoms with E-state index in [2.05, 4.69) is 101 Å². The molecule has 0 aliphatic rings. The second-order valence-corrected chi connectivity index (χ2v) is 18.0. The highest BCUT2D eigenvalue weighted by atomic mass is 16.3. The molecule has 48 heavy (non-hydrogen) atoms. The SMILES string of the molecule is CCCCCCCC(NC(=O)CCc1cc(C(C)(C)C)c(O)c(C(C)(C)C)c1)NC(=O)CCc1cc(C(C)(C)C)c(O)c(C(C)(C)C)c1. The maximum absolute atomic E-state index is 13.3. The quantitative estimate of drug-likeness (QED) is 0.119. The molecule has 2 aromatic carbocycles. The van der Waals surface area contributed by atoms with Gasteiger partial charge in [0, 0.05) is 12.8 Å². The Morgan fingerprint density at radius 1 is 0.562 bits per heavy atom. The number of aromatic hydroxyl groups is 2. The molecule has 0 radical (unpaired) electrons. The van der Waals surface area contributed by atoms with Crippen LogP contribution in [0.25, 0.3) is 0 Å². The molecule has 0 spiro atoms. The Morgan fingerprint density at radius 2 is 0.875 bits per heavy atom. The number of benzene rings is 2. The highest BCUT2D eigenvalue weighted by molar-refractivity contribution is 5.79. The molecule has 0 fully saturated rings. The van der Waals surface area contributed by atoms with Crippen LogP contribution in [0.15, 0.2) is 24.3 Å². The molecule has 0 heterocycles. The maximum Gasteiger partial charge on any atom is 0.221 e.